The first-order valence-corrected chi connectivity index (χ1v) is 8.33. The number of aromatic nitrogens is 1. The number of benzene rings is 1. The van der Waals surface area contributed by atoms with E-state index in [2.05, 4.69) is 35.3 Å². The highest BCUT2D eigenvalue weighted by molar-refractivity contribution is 7.11. The third-order valence-electron chi connectivity index (χ3n) is 4.01. The number of hydrogen-bond donors (Lipinski definition) is 0. The summed E-state index contributed by atoms with van der Waals surface area (Å²) >= 11 is 1.42. The second kappa shape index (κ2) is 6.01. The lowest BCUT2D eigenvalue weighted by Gasteiger charge is -2.00. The lowest BCUT2D eigenvalue weighted by Crippen LogP contribution is -2.14. The molecule has 0 bridgehead atoms. The van der Waals surface area contributed by atoms with Gasteiger partial charge < -0.3 is 4.57 Å². The molecular weight excluding hydrogens is 294 g/mol. The Balaban J connectivity index is 2.06. The molecule has 0 aliphatic heterocycles. The van der Waals surface area contributed by atoms with E-state index >= 15 is 0 Å². The Labute approximate surface area is 133 Å². The molecule has 1 aliphatic rings. The molecule has 1 aromatic carbocycles. The summed E-state index contributed by atoms with van der Waals surface area (Å²) in [6.45, 7) is 6.41. The van der Waals surface area contributed by atoms with Crippen molar-refractivity contribution >= 4 is 22.8 Å². The van der Waals surface area contributed by atoms with Crippen molar-refractivity contribution in [2.75, 3.05) is 0 Å². The van der Waals surface area contributed by atoms with Gasteiger partial charge in [0.2, 0.25) is 4.80 Å². The highest BCUT2D eigenvalue weighted by Gasteiger charge is 2.17. The molecule has 2 aromatic rings. The van der Waals surface area contributed by atoms with Crippen molar-refractivity contribution in [3.63, 3.8) is 0 Å². The van der Waals surface area contributed by atoms with Gasteiger partial charge in [0, 0.05) is 24.7 Å². The van der Waals surface area contributed by atoms with Crippen molar-refractivity contribution in [2.24, 2.45) is 10.2 Å². The minimum Gasteiger partial charge on any atom is -0.319 e. The molecule has 5 heteroatoms. The second-order valence-corrected chi connectivity index (χ2v) is 6.38. The molecule has 0 radical (unpaired) electrons. The minimum absolute atomic E-state index is 0.0880. The number of carbonyl (C=O) groups excluding carboxylic acids is 1. The number of nitrogens with zero attached hydrogens (tertiary/aromatic N) is 3. The van der Waals surface area contributed by atoms with Crippen LogP contribution in [0.5, 0.6) is 0 Å². The summed E-state index contributed by atoms with van der Waals surface area (Å²) in [6, 6.07) is 8.35. The van der Waals surface area contributed by atoms with E-state index in [0.717, 1.165) is 40.5 Å². The Morgan fingerprint density at radius 3 is 2.77 bits per heavy atom. The van der Waals surface area contributed by atoms with Crippen molar-refractivity contribution in [1.29, 1.82) is 0 Å². The van der Waals surface area contributed by atoms with Crippen LogP contribution in [0, 0.1) is 6.92 Å². The van der Waals surface area contributed by atoms with E-state index in [-0.39, 0.29) is 5.78 Å². The third-order valence-corrected chi connectivity index (χ3v) is 5.28. The molecule has 0 atom stereocenters. The maximum Gasteiger partial charge on any atom is 0.211 e. The van der Waals surface area contributed by atoms with Gasteiger partial charge in [0.25, 0.3) is 0 Å². The van der Waals surface area contributed by atoms with Crippen molar-refractivity contribution in [3.8, 4) is 0 Å². The van der Waals surface area contributed by atoms with Crippen LogP contribution >= 0.6 is 11.3 Å². The Kier molecular flexibility index (Phi) is 4.07. The van der Waals surface area contributed by atoms with Gasteiger partial charge in [-0.15, -0.1) is 5.10 Å². The first kappa shape index (κ1) is 14.9. The van der Waals surface area contributed by atoms with E-state index in [9.17, 15) is 4.79 Å². The van der Waals surface area contributed by atoms with Gasteiger partial charge >= 0.3 is 0 Å². The lowest BCUT2D eigenvalue weighted by atomic mass is 10.1. The average molecular weight is 313 g/mol. The molecule has 0 fully saturated rings. The van der Waals surface area contributed by atoms with Crippen LogP contribution in [0.1, 0.15) is 46.8 Å². The second-order valence-electron chi connectivity index (χ2n) is 5.40. The fourth-order valence-electron chi connectivity index (χ4n) is 2.87. The Hall–Kier alpha value is -2.01. The molecular formula is C17H19N3OS. The minimum atomic E-state index is 0.0880. The normalized spacial score (nSPS) is 16.3. The van der Waals surface area contributed by atoms with Gasteiger partial charge in [-0.1, -0.05) is 35.6 Å². The lowest BCUT2D eigenvalue weighted by molar-refractivity contribution is 0.102. The summed E-state index contributed by atoms with van der Waals surface area (Å²) in [5.41, 5.74) is 4.56. The number of aryl methyl sites for hydroxylation is 1. The van der Waals surface area contributed by atoms with Crippen LogP contribution in [0.25, 0.3) is 0 Å². The Morgan fingerprint density at radius 1 is 1.27 bits per heavy atom. The molecule has 4 nitrogen and oxygen atoms in total. The summed E-state index contributed by atoms with van der Waals surface area (Å²) in [4.78, 5) is 13.3. The van der Waals surface area contributed by atoms with E-state index in [1.807, 2.05) is 17.6 Å². The number of carbonyl (C=O) groups is 1. The molecule has 1 aliphatic carbocycles. The van der Waals surface area contributed by atoms with Crippen molar-refractivity contribution in [1.82, 2.24) is 4.57 Å². The zero-order valence-electron chi connectivity index (χ0n) is 13.1. The van der Waals surface area contributed by atoms with Crippen LogP contribution in [0.2, 0.25) is 0 Å². The summed E-state index contributed by atoms with van der Waals surface area (Å²) in [5.74, 6) is 0.0880. The van der Waals surface area contributed by atoms with Gasteiger partial charge in [-0.3, -0.25) is 4.79 Å². The molecule has 0 unspecified atom stereocenters. The maximum atomic E-state index is 11.7. The summed E-state index contributed by atoms with van der Waals surface area (Å²) in [5, 5.41) is 8.92. The van der Waals surface area contributed by atoms with Crippen molar-refractivity contribution in [3.05, 3.63) is 50.8 Å². The third kappa shape index (κ3) is 2.57. The molecule has 1 aromatic heterocycles. The van der Waals surface area contributed by atoms with E-state index in [1.54, 1.807) is 6.92 Å². The first-order chi connectivity index (χ1) is 10.6. The monoisotopic (exact) mass is 313 g/mol. The summed E-state index contributed by atoms with van der Waals surface area (Å²) in [6.07, 6.45) is 1.96. The fraction of sp³-hybridized carbons (Fsp3) is 0.353. The number of ketones is 1. The van der Waals surface area contributed by atoms with Gasteiger partial charge in [-0.25, -0.2) is 0 Å². The van der Waals surface area contributed by atoms with Crippen LogP contribution < -0.4 is 4.80 Å². The van der Waals surface area contributed by atoms with Crippen molar-refractivity contribution in [2.45, 2.75) is 40.2 Å². The van der Waals surface area contributed by atoms with E-state index in [1.165, 1.54) is 22.5 Å². The van der Waals surface area contributed by atoms with E-state index in [0.29, 0.717) is 0 Å². The molecule has 0 saturated carbocycles. The zero-order chi connectivity index (χ0) is 15.7. The predicted molar refractivity (Wildman–Crippen MR) is 89.6 cm³/mol. The smallest absolute Gasteiger partial charge is 0.211 e. The number of Topliss-reactive ketones (excluding diaryl/α,β-unsaturated/α-hetero) is 1. The zero-order valence-corrected chi connectivity index (χ0v) is 13.9. The number of rotatable bonds is 3. The molecule has 114 valence electrons. The Bertz CT molecular complexity index is 827. The number of hydrogen-bond acceptors (Lipinski definition) is 4. The molecule has 0 N–H and O–H groups in total. The van der Waals surface area contributed by atoms with Crippen LogP contribution in [-0.2, 0) is 13.0 Å². The predicted octanol–water partition coefficient (Wildman–Crippen LogP) is 3.33. The van der Waals surface area contributed by atoms with Gasteiger partial charge in [0.1, 0.15) is 0 Å². The largest absolute Gasteiger partial charge is 0.319 e. The van der Waals surface area contributed by atoms with Crippen LogP contribution in [0.4, 0.5) is 0 Å². The Morgan fingerprint density at radius 2 is 2.05 bits per heavy atom. The van der Waals surface area contributed by atoms with Crippen LogP contribution in [-0.4, -0.2) is 16.1 Å². The number of fused-ring (bicyclic) bond motifs is 1. The molecule has 0 saturated heterocycles. The fourth-order valence-corrected chi connectivity index (χ4v) is 3.92. The summed E-state index contributed by atoms with van der Waals surface area (Å²) < 4.78 is 2.05. The highest BCUT2D eigenvalue weighted by atomic mass is 32.1. The molecule has 0 amide bonds. The maximum absolute atomic E-state index is 11.7. The average Bonchev–Trinajstić information content (AvgIpc) is 3.06. The first-order valence-electron chi connectivity index (χ1n) is 7.51. The highest BCUT2D eigenvalue weighted by Crippen LogP contribution is 2.22. The molecule has 3 rings (SSSR count). The van der Waals surface area contributed by atoms with E-state index in [4.69, 9.17) is 0 Å². The van der Waals surface area contributed by atoms with Crippen LogP contribution in [0.15, 0.2) is 34.5 Å². The SMILES string of the molecule is CCn1c(C)c(C(C)=O)s/c1=N/N=C1\CCc2ccccc21. The van der Waals surface area contributed by atoms with Gasteiger partial charge in [-0.2, -0.15) is 5.10 Å². The van der Waals surface area contributed by atoms with Crippen LogP contribution in [0.3, 0.4) is 0 Å². The molecule has 1 heterocycles. The van der Waals surface area contributed by atoms with Gasteiger partial charge in [0.05, 0.1) is 10.6 Å². The van der Waals surface area contributed by atoms with Gasteiger partial charge in [0.15, 0.2) is 5.78 Å². The summed E-state index contributed by atoms with van der Waals surface area (Å²) in [7, 11) is 0. The topological polar surface area (TPSA) is 46.7 Å². The van der Waals surface area contributed by atoms with Crippen molar-refractivity contribution < 1.29 is 4.79 Å². The number of thiazole rings is 1. The van der Waals surface area contributed by atoms with E-state index < -0.39 is 0 Å². The quantitative estimate of drug-likeness (QED) is 0.633. The molecule has 22 heavy (non-hydrogen) atoms. The molecule has 0 spiro atoms. The van der Waals surface area contributed by atoms with Gasteiger partial charge in [-0.05, 0) is 32.3 Å². The standard InChI is InChI=1S/C17H19N3OS/c1-4-20-11(2)16(12(3)21)22-17(20)19-18-15-10-9-13-7-5-6-8-14(13)15/h5-8H,4,9-10H2,1-3H3/b18-15+,19-17+.